The molecule has 4 rings (SSSR count). The van der Waals surface area contributed by atoms with Crippen molar-refractivity contribution in [3.63, 3.8) is 0 Å². The molecule has 2 N–H and O–H groups in total. The van der Waals surface area contributed by atoms with E-state index in [0.717, 1.165) is 11.8 Å². The third-order valence-corrected chi connectivity index (χ3v) is 5.16. The molecule has 0 atom stereocenters. The molecule has 3 nitrogen and oxygen atoms in total. The number of amides is 1. The summed E-state index contributed by atoms with van der Waals surface area (Å²) < 4.78 is 0. The minimum Gasteiger partial charge on any atom is -0.396 e. The van der Waals surface area contributed by atoms with Gasteiger partial charge in [-0.3, -0.25) is 4.79 Å². The van der Waals surface area contributed by atoms with E-state index in [1.165, 1.54) is 32.1 Å². The Morgan fingerprint density at radius 2 is 1.65 bits per heavy atom. The van der Waals surface area contributed by atoms with Gasteiger partial charge >= 0.3 is 0 Å². The van der Waals surface area contributed by atoms with Gasteiger partial charge in [-0.05, 0) is 62.2 Å². The summed E-state index contributed by atoms with van der Waals surface area (Å²) in [5.41, 5.74) is 0. The second-order valence-corrected chi connectivity index (χ2v) is 6.32. The molecule has 4 fully saturated rings. The van der Waals surface area contributed by atoms with Gasteiger partial charge in [-0.1, -0.05) is 0 Å². The molecule has 0 heterocycles. The van der Waals surface area contributed by atoms with Crippen molar-refractivity contribution < 1.29 is 9.90 Å². The minimum atomic E-state index is 0.169. The molecule has 0 aromatic rings. The van der Waals surface area contributed by atoms with E-state index in [4.69, 9.17) is 5.11 Å². The van der Waals surface area contributed by atoms with Crippen LogP contribution < -0.4 is 5.32 Å². The summed E-state index contributed by atoms with van der Waals surface area (Å²) in [4.78, 5) is 12.2. The number of aliphatic hydroxyl groups excluding tert-OH is 1. The van der Waals surface area contributed by atoms with Crippen LogP contribution >= 0.6 is 0 Å². The molecule has 96 valence electrons. The number of nitrogens with one attached hydrogen (secondary N) is 1. The molecule has 4 bridgehead atoms. The zero-order valence-electron chi connectivity index (χ0n) is 10.4. The molecule has 0 aliphatic heterocycles. The minimum absolute atomic E-state index is 0.169. The van der Waals surface area contributed by atoms with Crippen molar-refractivity contribution in [1.29, 1.82) is 0 Å². The van der Waals surface area contributed by atoms with Crippen LogP contribution in [0.15, 0.2) is 0 Å². The highest BCUT2D eigenvalue weighted by atomic mass is 16.3. The molecule has 0 saturated heterocycles. The SMILES string of the molecule is O=C(NCCCO)C1C2CC3CC(C2)CC1C3. The Labute approximate surface area is 103 Å². The van der Waals surface area contributed by atoms with Crippen LogP contribution in [0.25, 0.3) is 0 Å². The van der Waals surface area contributed by atoms with Gasteiger partial charge in [0.1, 0.15) is 0 Å². The quantitative estimate of drug-likeness (QED) is 0.729. The fourth-order valence-electron chi connectivity index (χ4n) is 4.76. The summed E-state index contributed by atoms with van der Waals surface area (Å²) in [6.07, 6.45) is 7.30. The van der Waals surface area contributed by atoms with Gasteiger partial charge in [0.15, 0.2) is 0 Å². The lowest BCUT2D eigenvalue weighted by Gasteiger charge is -2.53. The molecule has 4 saturated carbocycles. The third-order valence-electron chi connectivity index (χ3n) is 5.16. The molecular formula is C14H23NO2. The average Bonchev–Trinajstić information content (AvgIpc) is 2.27. The van der Waals surface area contributed by atoms with E-state index in [9.17, 15) is 4.79 Å². The molecule has 17 heavy (non-hydrogen) atoms. The van der Waals surface area contributed by atoms with Crippen LogP contribution in [0.5, 0.6) is 0 Å². The van der Waals surface area contributed by atoms with Gasteiger partial charge in [0.05, 0.1) is 0 Å². The van der Waals surface area contributed by atoms with E-state index in [1.807, 2.05) is 0 Å². The smallest absolute Gasteiger partial charge is 0.223 e. The van der Waals surface area contributed by atoms with Crippen molar-refractivity contribution in [2.24, 2.45) is 29.6 Å². The first-order chi connectivity index (χ1) is 8.28. The second-order valence-electron chi connectivity index (χ2n) is 6.32. The maximum atomic E-state index is 12.2. The number of rotatable bonds is 4. The van der Waals surface area contributed by atoms with E-state index < -0.39 is 0 Å². The van der Waals surface area contributed by atoms with Crippen LogP contribution in [0.4, 0.5) is 0 Å². The Kier molecular flexibility index (Phi) is 3.12. The Morgan fingerprint density at radius 3 is 2.18 bits per heavy atom. The maximum absolute atomic E-state index is 12.2. The molecule has 0 unspecified atom stereocenters. The average molecular weight is 237 g/mol. The highest BCUT2D eigenvalue weighted by Gasteiger charge is 2.50. The molecule has 0 aromatic heterocycles. The van der Waals surface area contributed by atoms with E-state index in [1.54, 1.807) is 0 Å². The van der Waals surface area contributed by atoms with Gasteiger partial charge in [-0.2, -0.15) is 0 Å². The molecular weight excluding hydrogens is 214 g/mol. The molecule has 0 aromatic carbocycles. The van der Waals surface area contributed by atoms with Crippen molar-refractivity contribution in [3.8, 4) is 0 Å². The number of carbonyl (C=O) groups is 1. The van der Waals surface area contributed by atoms with Crippen LogP contribution in [0, 0.1) is 29.6 Å². The highest BCUT2D eigenvalue weighted by molar-refractivity contribution is 5.79. The predicted octanol–water partition coefficient (Wildman–Crippen LogP) is 1.56. The van der Waals surface area contributed by atoms with E-state index in [0.29, 0.717) is 30.7 Å². The molecule has 4 aliphatic carbocycles. The Bertz CT molecular complexity index is 275. The lowest BCUT2D eigenvalue weighted by atomic mass is 9.51. The largest absolute Gasteiger partial charge is 0.396 e. The lowest BCUT2D eigenvalue weighted by molar-refractivity contribution is -0.138. The van der Waals surface area contributed by atoms with Crippen LogP contribution in [-0.4, -0.2) is 24.2 Å². The summed E-state index contributed by atoms with van der Waals surface area (Å²) in [5.74, 6) is 3.76. The van der Waals surface area contributed by atoms with Gasteiger partial charge in [0.25, 0.3) is 0 Å². The molecule has 1 amide bonds. The van der Waals surface area contributed by atoms with Crippen molar-refractivity contribution in [2.75, 3.05) is 13.2 Å². The molecule has 0 spiro atoms. The van der Waals surface area contributed by atoms with E-state index in [2.05, 4.69) is 5.32 Å². The summed E-state index contributed by atoms with van der Waals surface area (Å²) in [6.45, 7) is 0.806. The van der Waals surface area contributed by atoms with Crippen LogP contribution in [0.3, 0.4) is 0 Å². The second kappa shape index (κ2) is 4.60. The number of aliphatic hydroxyl groups is 1. The first kappa shape index (κ1) is 11.5. The Hall–Kier alpha value is -0.570. The summed E-state index contributed by atoms with van der Waals surface area (Å²) in [7, 11) is 0. The fourth-order valence-corrected chi connectivity index (χ4v) is 4.76. The van der Waals surface area contributed by atoms with Crippen molar-refractivity contribution >= 4 is 5.91 Å². The third kappa shape index (κ3) is 2.10. The Morgan fingerprint density at radius 1 is 1.06 bits per heavy atom. The number of hydrogen-bond acceptors (Lipinski definition) is 2. The van der Waals surface area contributed by atoms with Crippen LogP contribution in [0.1, 0.15) is 38.5 Å². The van der Waals surface area contributed by atoms with Crippen LogP contribution in [-0.2, 0) is 4.79 Å². The lowest BCUT2D eigenvalue weighted by Crippen LogP contribution is -2.51. The molecule has 4 aliphatic rings. The summed E-state index contributed by atoms with van der Waals surface area (Å²) >= 11 is 0. The van der Waals surface area contributed by atoms with Gasteiger partial charge in [0, 0.05) is 19.1 Å². The van der Waals surface area contributed by atoms with Gasteiger partial charge in [-0.15, -0.1) is 0 Å². The monoisotopic (exact) mass is 237 g/mol. The zero-order chi connectivity index (χ0) is 11.8. The molecule has 3 heteroatoms. The van der Waals surface area contributed by atoms with Crippen LogP contribution in [0.2, 0.25) is 0 Å². The summed E-state index contributed by atoms with van der Waals surface area (Å²) in [5, 5.41) is 11.8. The van der Waals surface area contributed by atoms with Gasteiger partial charge in [0.2, 0.25) is 5.91 Å². The maximum Gasteiger partial charge on any atom is 0.223 e. The summed E-state index contributed by atoms with van der Waals surface area (Å²) in [6, 6.07) is 0. The highest BCUT2D eigenvalue weighted by Crippen LogP contribution is 2.56. The van der Waals surface area contributed by atoms with E-state index in [-0.39, 0.29) is 12.5 Å². The van der Waals surface area contributed by atoms with Crippen molar-refractivity contribution in [2.45, 2.75) is 38.5 Å². The zero-order valence-corrected chi connectivity index (χ0v) is 10.4. The van der Waals surface area contributed by atoms with Gasteiger partial charge < -0.3 is 10.4 Å². The fraction of sp³-hybridized carbons (Fsp3) is 0.929. The number of hydrogen-bond donors (Lipinski definition) is 2. The van der Waals surface area contributed by atoms with Crippen molar-refractivity contribution in [1.82, 2.24) is 5.32 Å². The first-order valence-electron chi connectivity index (χ1n) is 7.16. The van der Waals surface area contributed by atoms with Gasteiger partial charge in [-0.25, -0.2) is 0 Å². The first-order valence-corrected chi connectivity index (χ1v) is 7.16. The number of carbonyl (C=O) groups excluding carboxylic acids is 1. The predicted molar refractivity (Wildman–Crippen MR) is 65.2 cm³/mol. The van der Waals surface area contributed by atoms with Crippen molar-refractivity contribution in [3.05, 3.63) is 0 Å². The molecule has 0 radical (unpaired) electrons. The van der Waals surface area contributed by atoms with E-state index >= 15 is 0 Å². The Balaban J connectivity index is 1.61. The topological polar surface area (TPSA) is 49.3 Å². The normalized spacial score (nSPS) is 42.8. The standard InChI is InChI=1S/C14H23NO2/c16-3-1-2-15-14(17)13-11-5-9-4-10(7-11)8-12(13)6-9/h9-13,16H,1-8H2,(H,15,17).